The summed E-state index contributed by atoms with van der Waals surface area (Å²) in [6.45, 7) is 4.35. The Hall–Kier alpha value is -1.06. The van der Waals surface area contributed by atoms with Crippen LogP contribution in [0.2, 0.25) is 0 Å². The molecule has 1 aliphatic rings. The Bertz CT molecular complexity index is 399. The zero-order valence-electron chi connectivity index (χ0n) is 12.3. The van der Waals surface area contributed by atoms with E-state index in [1.807, 2.05) is 13.0 Å². The van der Waals surface area contributed by atoms with Crippen LogP contribution in [-0.4, -0.2) is 43.2 Å². The lowest BCUT2D eigenvalue weighted by atomic mass is 9.99. The predicted octanol–water partition coefficient (Wildman–Crippen LogP) is 2.66. The Balaban J connectivity index is 2.16. The Labute approximate surface area is 116 Å². The maximum absolute atomic E-state index is 10.2. The fourth-order valence-corrected chi connectivity index (χ4v) is 2.89. The van der Waals surface area contributed by atoms with Crippen LogP contribution in [0.25, 0.3) is 0 Å². The van der Waals surface area contributed by atoms with Gasteiger partial charge in [0.15, 0.2) is 0 Å². The third kappa shape index (κ3) is 3.28. The number of para-hydroxylation sites is 1. The molecule has 0 bridgehead atoms. The number of aliphatic hydroxyl groups is 1. The lowest BCUT2D eigenvalue weighted by Gasteiger charge is -2.37. The zero-order chi connectivity index (χ0) is 13.8. The molecular formula is C16H26N2O. The van der Waals surface area contributed by atoms with Crippen molar-refractivity contribution in [2.24, 2.45) is 0 Å². The van der Waals surface area contributed by atoms with E-state index < -0.39 is 0 Å². The van der Waals surface area contributed by atoms with E-state index in [2.05, 4.69) is 42.1 Å². The molecule has 1 saturated heterocycles. The van der Waals surface area contributed by atoms with Gasteiger partial charge in [0.1, 0.15) is 0 Å². The fourth-order valence-electron chi connectivity index (χ4n) is 2.89. The van der Waals surface area contributed by atoms with E-state index >= 15 is 0 Å². The summed E-state index contributed by atoms with van der Waals surface area (Å²) < 4.78 is 0. The number of rotatable bonds is 4. The molecule has 0 spiro atoms. The van der Waals surface area contributed by atoms with E-state index in [1.165, 1.54) is 18.5 Å². The number of aliphatic hydroxyl groups excluding tert-OH is 1. The number of nitrogens with zero attached hydrogens (tertiary/aromatic N) is 2. The molecule has 1 aliphatic heterocycles. The van der Waals surface area contributed by atoms with Gasteiger partial charge >= 0.3 is 0 Å². The number of anilines is 1. The molecule has 0 saturated carbocycles. The van der Waals surface area contributed by atoms with Crippen LogP contribution in [0, 0.1) is 0 Å². The summed E-state index contributed by atoms with van der Waals surface area (Å²) in [6.07, 6.45) is 2.80. The highest BCUT2D eigenvalue weighted by atomic mass is 16.3. The Morgan fingerprint density at radius 2 is 1.95 bits per heavy atom. The predicted molar refractivity (Wildman–Crippen MR) is 80.6 cm³/mol. The number of benzene rings is 1. The molecule has 0 aromatic heterocycles. The molecule has 1 fully saturated rings. The second-order valence-corrected chi connectivity index (χ2v) is 5.63. The van der Waals surface area contributed by atoms with E-state index in [-0.39, 0.29) is 6.10 Å². The van der Waals surface area contributed by atoms with Gasteiger partial charge in [-0.15, -0.1) is 0 Å². The minimum atomic E-state index is -0.357. The van der Waals surface area contributed by atoms with Crippen LogP contribution in [0.4, 0.5) is 5.69 Å². The summed E-state index contributed by atoms with van der Waals surface area (Å²) in [5.74, 6) is 0. The van der Waals surface area contributed by atoms with Crippen molar-refractivity contribution in [1.29, 1.82) is 0 Å². The molecule has 3 nitrogen and oxygen atoms in total. The summed E-state index contributed by atoms with van der Waals surface area (Å²) in [6, 6.07) is 8.84. The third-order valence-electron chi connectivity index (χ3n) is 4.30. The number of hydrogen-bond acceptors (Lipinski definition) is 3. The van der Waals surface area contributed by atoms with Gasteiger partial charge in [-0.1, -0.05) is 25.1 Å². The van der Waals surface area contributed by atoms with E-state index in [0.717, 1.165) is 25.1 Å². The molecule has 1 aromatic rings. The summed E-state index contributed by atoms with van der Waals surface area (Å²) in [7, 11) is 4.35. The van der Waals surface area contributed by atoms with Gasteiger partial charge < -0.3 is 14.9 Å². The average Bonchev–Trinajstić information content (AvgIpc) is 2.46. The van der Waals surface area contributed by atoms with Crippen LogP contribution in [0.15, 0.2) is 24.3 Å². The standard InChI is InChI=1S/C16H26N2O/c1-4-16(19)14-7-5-6-8-15(14)18(3)13-9-11-17(2)12-10-13/h5-8,13,16,19H,4,9-12H2,1-3H3. The minimum Gasteiger partial charge on any atom is -0.388 e. The fraction of sp³-hybridized carbons (Fsp3) is 0.625. The van der Waals surface area contributed by atoms with E-state index in [0.29, 0.717) is 6.04 Å². The molecule has 0 amide bonds. The van der Waals surface area contributed by atoms with Crippen molar-refractivity contribution in [3.05, 3.63) is 29.8 Å². The molecule has 19 heavy (non-hydrogen) atoms. The molecular weight excluding hydrogens is 236 g/mol. The van der Waals surface area contributed by atoms with E-state index in [1.54, 1.807) is 0 Å². The van der Waals surface area contributed by atoms with Crippen molar-refractivity contribution in [2.45, 2.75) is 38.3 Å². The van der Waals surface area contributed by atoms with Gasteiger partial charge in [0, 0.05) is 24.3 Å². The molecule has 1 heterocycles. The van der Waals surface area contributed by atoms with Crippen molar-refractivity contribution in [3.63, 3.8) is 0 Å². The SMILES string of the molecule is CCC(O)c1ccccc1N(C)C1CCN(C)CC1. The van der Waals surface area contributed by atoms with Crippen LogP contribution >= 0.6 is 0 Å². The smallest absolute Gasteiger partial charge is 0.0807 e. The Kier molecular flexibility index (Phi) is 4.83. The highest BCUT2D eigenvalue weighted by molar-refractivity contribution is 5.54. The van der Waals surface area contributed by atoms with Gasteiger partial charge in [-0.3, -0.25) is 0 Å². The van der Waals surface area contributed by atoms with Gasteiger partial charge in [-0.2, -0.15) is 0 Å². The number of piperidine rings is 1. The monoisotopic (exact) mass is 262 g/mol. The highest BCUT2D eigenvalue weighted by Gasteiger charge is 2.23. The van der Waals surface area contributed by atoms with Crippen LogP contribution < -0.4 is 4.90 Å². The average molecular weight is 262 g/mol. The van der Waals surface area contributed by atoms with Crippen molar-refractivity contribution in [1.82, 2.24) is 4.90 Å². The molecule has 1 aromatic carbocycles. The highest BCUT2D eigenvalue weighted by Crippen LogP contribution is 2.30. The minimum absolute atomic E-state index is 0.357. The van der Waals surface area contributed by atoms with Crippen molar-refractivity contribution in [3.8, 4) is 0 Å². The molecule has 1 N–H and O–H groups in total. The first-order valence-electron chi connectivity index (χ1n) is 7.31. The molecule has 0 radical (unpaired) electrons. The maximum Gasteiger partial charge on any atom is 0.0807 e. The summed E-state index contributed by atoms with van der Waals surface area (Å²) in [4.78, 5) is 4.75. The first-order chi connectivity index (χ1) is 9.13. The number of hydrogen-bond donors (Lipinski definition) is 1. The summed E-state index contributed by atoms with van der Waals surface area (Å²) >= 11 is 0. The van der Waals surface area contributed by atoms with E-state index in [4.69, 9.17) is 0 Å². The van der Waals surface area contributed by atoms with Crippen molar-refractivity contribution in [2.75, 3.05) is 32.1 Å². The first-order valence-corrected chi connectivity index (χ1v) is 7.31. The summed E-state index contributed by atoms with van der Waals surface area (Å²) in [5.41, 5.74) is 2.25. The number of likely N-dealkylation sites (tertiary alicyclic amines) is 1. The second kappa shape index (κ2) is 6.40. The molecule has 0 aliphatic carbocycles. The molecule has 106 valence electrons. The lowest BCUT2D eigenvalue weighted by Crippen LogP contribution is -2.42. The van der Waals surface area contributed by atoms with Gasteiger partial charge in [0.05, 0.1) is 6.10 Å². The summed E-state index contributed by atoms with van der Waals surface area (Å²) in [5, 5.41) is 10.2. The maximum atomic E-state index is 10.2. The van der Waals surface area contributed by atoms with Crippen molar-refractivity contribution >= 4 is 5.69 Å². The molecule has 2 rings (SSSR count). The third-order valence-corrected chi connectivity index (χ3v) is 4.30. The molecule has 3 heteroatoms. The lowest BCUT2D eigenvalue weighted by molar-refractivity contribution is 0.173. The molecule has 1 atom stereocenters. The van der Waals surface area contributed by atoms with Crippen molar-refractivity contribution < 1.29 is 5.11 Å². The quantitative estimate of drug-likeness (QED) is 0.903. The molecule has 1 unspecified atom stereocenters. The first kappa shape index (κ1) is 14.4. The van der Waals surface area contributed by atoms with Gasteiger partial charge in [-0.25, -0.2) is 0 Å². The van der Waals surface area contributed by atoms with Crippen LogP contribution in [0.5, 0.6) is 0 Å². The van der Waals surface area contributed by atoms with E-state index in [9.17, 15) is 5.11 Å². The van der Waals surface area contributed by atoms with Gasteiger partial charge in [0.2, 0.25) is 0 Å². The van der Waals surface area contributed by atoms with Gasteiger partial charge in [-0.05, 0) is 45.5 Å². The van der Waals surface area contributed by atoms with Crippen LogP contribution in [0.1, 0.15) is 37.9 Å². The largest absolute Gasteiger partial charge is 0.388 e. The van der Waals surface area contributed by atoms with Crippen LogP contribution in [-0.2, 0) is 0 Å². The second-order valence-electron chi connectivity index (χ2n) is 5.63. The normalized spacial score (nSPS) is 19.4. The van der Waals surface area contributed by atoms with Crippen LogP contribution in [0.3, 0.4) is 0 Å². The Morgan fingerprint density at radius 1 is 1.32 bits per heavy atom. The van der Waals surface area contributed by atoms with Gasteiger partial charge in [0.25, 0.3) is 0 Å². The Morgan fingerprint density at radius 3 is 2.58 bits per heavy atom. The zero-order valence-corrected chi connectivity index (χ0v) is 12.3. The topological polar surface area (TPSA) is 26.7 Å².